The summed E-state index contributed by atoms with van der Waals surface area (Å²) in [6, 6.07) is 5.69. The summed E-state index contributed by atoms with van der Waals surface area (Å²) in [6.45, 7) is 0. The summed E-state index contributed by atoms with van der Waals surface area (Å²) in [6.07, 6.45) is 0. The van der Waals surface area contributed by atoms with Gasteiger partial charge in [-0.05, 0) is 12.1 Å². The number of carbonyl (C=O) groups is 1. The van der Waals surface area contributed by atoms with Crippen LogP contribution in [-0.4, -0.2) is 31.6 Å². The van der Waals surface area contributed by atoms with Gasteiger partial charge in [-0.3, -0.25) is 4.79 Å². The Labute approximate surface area is 104 Å². The lowest BCUT2D eigenvalue weighted by molar-refractivity contribution is -0.133. The molecule has 0 spiro atoms. The Morgan fingerprint density at radius 1 is 1.50 bits per heavy atom. The molecule has 0 aliphatic heterocycles. The maximum atomic E-state index is 13.6. The normalized spacial score (nSPS) is 10.5. The van der Waals surface area contributed by atoms with Crippen LogP contribution in [0.4, 0.5) is 4.39 Å². The quantitative estimate of drug-likeness (QED) is 0.804. The van der Waals surface area contributed by atoms with E-state index in [1.807, 2.05) is 0 Å². The molecule has 0 saturated heterocycles. The van der Waals surface area contributed by atoms with Crippen LogP contribution in [0.3, 0.4) is 0 Å². The maximum absolute atomic E-state index is 13.6. The molecule has 0 bridgehead atoms. The molecule has 6 nitrogen and oxygen atoms in total. The Balaban J connectivity index is 2.44. The number of para-hydroxylation sites is 1. The molecule has 0 saturated carbocycles. The fraction of sp³-hybridized carbons (Fsp3) is 0.100. The average Bonchev–Trinajstić information content (AvgIpc) is 2.69. The highest BCUT2D eigenvalue weighted by Crippen LogP contribution is 2.19. The SMILES string of the molecule is O=C(O)CSc1n[nH]c(=O)n1-c1ccccc1F. The summed E-state index contributed by atoms with van der Waals surface area (Å²) in [7, 11) is 0. The van der Waals surface area contributed by atoms with E-state index >= 15 is 0 Å². The molecular weight excluding hydrogens is 261 g/mol. The van der Waals surface area contributed by atoms with Crippen molar-refractivity contribution in [3.8, 4) is 5.69 Å². The highest BCUT2D eigenvalue weighted by atomic mass is 32.2. The molecule has 1 heterocycles. The number of carboxylic acids is 1. The third-order valence-electron chi connectivity index (χ3n) is 2.06. The van der Waals surface area contributed by atoms with Crippen molar-refractivity contribution in [2.24, 2.45) is 0 Å². The first-order valence-electron chi connectivity index (χ1n) is 4.86. The molecule has 94 valence electrons. The molecule has 0 atom stereocenters. The summed E-state index contributed by atoms with van der Waals surface area (Å²) >= 11 is 0.834. The molecule has 0 aliphatic carbocycles. The summed E-state index contributed by atoms with van der Waals surface area (Å²) in [5.74, 6) is -1.90. The molecule has 0 unspecified atom stereocenters. The van der Waals surface area contributed by atoms with Crippen molar-refractivity contribution in [1.82, 2.24) is 14.8 Å². The molecular formula is C10H8FN3O3S. The Hall–Kier alpha value is -2.09. The first kappa shape index (κ1) is 12.4. The van der Waals surface area contributed by atoms with Crippen molar-refractivity contribution < 1.29 is 14.3 Å². The second-order valence-electron chi connectivity index (χ2n) is 3.28. The van der Waals surface area contributed by atoms with Crippen LogP contribution in [0.2, 0.25) is 0 Å². The Kier molecular flexibility index (Phi) is 3.47. The number of thioether (sulfide) groups is 1. The predicted molar refractivity (Wildman–Crippen MR) is 62.5 cm³/mol. The van der Waals surface area contributed by atoms with E-state index in [-0.39, 0.29) is 16.6 Å². The minimum Gasteiger partial charge on any atom is -0.481 e. The second kappa shape index (κ2) is 5.05. The lowest BCUT2D eigenvalue weighted by Crippen LogP contribution is -2.17. The van der Waals surface area contributed by atoms with Gasteiger partial charge in [0.25, 0.3) is 0 Å². The van der Waals surface area contributed by atoms with E-state index in [0.717, 1.165) is 16.3 Å². The van der Waals surface area contributed by atoms with Gasteiger partial charge < -0.3 is 5.11 Å². The first-order valence-corrected chi connectivity index (χ1v) is 5.85. The lowest BCUT2D eigenvalue weighted by atomic mass is 10.3. The van der Waals surface area contributed by atoms with Gasteiger partial charge >= 0.3 is 11.7 Å². The van der Waals surface area contributed by atoms with Gasteiger partial charge in [0.15, 0.2) is 5.16 Å². The summed E-state index contributed by atoms with van der Waals surface area (Å²) in [4.78, 5) is 22.0. The number of nitrogens with one attached hydrogen (secondary N) is 1. The van der Waals surface area contributed by atoms with Crippen molar-refractivity contribution >= 4 is 17.7 Å². The summed E-state index contributed by atoms with van der Waals surface area (Å²) in [5.41, 5.74) is -0.586. The van der Waals surface area contributed by atoms with Crippen molar-refractivity contribution in [1.29, 1.82) is 0 Å². The van der Waals surface area contributed by atoms with E-state index in [4.69, 9.17) is 5.11 Å². The van der Waals surface area contributed by atoms with E-state index in [9.17, 15) is 14.0 Å². The van der Waals surface area contributed by atoms with Gasteiger partial charge in [-0.25, -0.2) is 18.9 Å². The molecule has 0 aliphatic rings. The highest BCUT2D eigenvalue weighted by molar-refractivity contribution is 7.99. The van der Waals surface area contributed by atoms with Crippen LogP contribution in [0.1, 0.15) is 0 Å². The van der Waals surface area contributed by atoms with Gasteiger partial charge in [0, 0.05) is 0 Å². The van der Waals surface area contributed by atoms with E-state index in [0.29, 0.717) is 0 Å². The number of rotatable bonds is 4. The van der Waals surface area contributed by atoms with Crippen LogP contribution in [0.25, 0.3) is 5.69 Å². The molecule has 2 rings (SSSR count). The topological polar surface area (TPSA) is 88.0 Å². The first-order chi connectivity index (χ1) is 8.59. The fourth-order valence-corrected chi connectivity index (χ4v) is 2.02. The maximum Gasteiger partial charge on any atom is 0.348 e. The van der Waals surface area contributed by atoms with Crippen molar-refractivity contribution in [3.63, 3.8) is 0 Å². The molecule has 0 fully saturated rings. The van der Waals surface area contributed by atoms with Gasteiger partial charge in [-0.1, -0.05) is 23.9 Å². The van der Waals surface area contributed by atoms with Crippen LogP contribution in [0, 0.1) is 5.82 Å². The molecule has 2 N–H and O–H groups in total. The number of H-pyrrole nitrogens is 1. The number of carboxylic acid groups (broad SMARTS) is 1. The van der Waals surface area contributed by atoms with Crippen LogP contribution < -0.4 is 5.69 Å². The van der Waals surface area contributed by atoms with Crippen molar-refractivity contribution in [2.45, 2.75) is 5.16 Å². The van der Waals surface area contributed by atoms with Crippen LogP contribution >= 0.6 is 11.8 Å². The largest absolute Gasteiger partial charge is 0.481 e. The summed E-state index contributed by atoms with van der Waals surface area (Å²) in [5, 5.41) is 14.5. The molecule has 18 heavy (non-hydrogen) atoms. The van der Waals surface area contributed by atoms with Gasteiger partial charge in [0.1, 0.15) is 5.82 Å². The fourth-order valence-electron chi connectivity index (χ4n) is 1.35. The molecule has 1 aromatic carbocycles. The number of aromatic amines is 1. The number of nitrogens with zero attached hydrogens (tertiary/aromatic N) is 2. The van der Waals surface area contributed by atoms with Crippen LogP contribution in [0.5, 0.6) is 0 Å². The number of benzene rings is 1. The zero-order chi connectivity index (χ0) is 13.1. The molecule has 0 radical (unpaired) electrons. The Morgan fingerprint density at radius 3 is 2.89 bits per heavy atom. The van der Waals surface area contributed by atoms with Gasteiger partial charge in [0.2, 0.25) is 0 Å². The third-order valence-corrected chi connectivity index (χ3v) is 2.98. The predicted octanol–water partition coefficient (Wildman–Crippen LogP) is 0.876. The van der Waals surface area contributed by atoms with E-state index < -0.39 is 17.5 Å². The average molecular weight is 269 g/mol. The van der Waals surface area contributed by atoms with Gasteiger partial charge in [-0.2, -0.15) is 0 Å². The lowest BCUT2D eigenvalue weighted by Gasteiger charge is -2.05. The third kappa shape index (κ3) is 2.43. The summed E-state index contributed by atoms with van der Waals surface area (Å²) < 4.78 is 14.6. The molecule has 2 aromatic rings. The van der Waals surface area contributed by atoms with E-state index in [1.54, 1.807) is 6.07 Å². The minimum absolute atomic E-state index is 0.0316. The van der Waals surface area contributed by atoms with Crippen LogP contribution in [0.15, 0.2) is 34.2 Å². The molecule has 8 heteroatoms. The molecule has 0 amide bonds. The van der Waals surface area contributed by atoms with Crippen LogP contribution in [-0.2, 0) is 4.79 Å². The smallest absolute Gasteiger partial charge is 0.348 e. The zero-order valence-corrected chi connectivity index (χ0v) is 9.78. The number of aromatic nitrogens is 3. The monoisotopic (exact) mass is 269 g/mol. The zero-order valence-electron chi connectivity index (χ0n) is 8.96. The number of hydrogen-bond donors (Lipinski definition) is 2. The second-order valence-corrected chi connectivity index (χ2v) is 4.22. The van der Waals surface area contributed by atoms with Crippen molar-refractivity contribution in [3.05, 3.63) is 40.6 Å². The van der Waals surface area contributed by atoms with Crippen molar-refractivity contribution in [2.75, 3.05) is 5.75 Å². The molecule has 1 aromatic heterocycles. The Bertz CT molecular complexity index is 637. The highest BCUT2D eigenvalue weighted by Gasteiger charge is 2.14. The number of aliphatic carboxylic acids is 1. The van der Waals surface area contributed by atoms with E-state index in [1.165, 1.54) is 18.2 Å². The number of halogens is 1. The Morgan fingerprint density at radius 2 is 2.22 bits per heavy atom. The standard InChI is InChI=1S/C10H8FN3O3S/c11-6-3-1-2-4-7(6)14-9(17)12-13-10(14)18-5-8(15)16/h1-4H,5H2,(H,12,17)(H,15,16). The van der Waals surface area contributed by atoms with Gasteiger partial charge in [0.05, 0.1) is 11.4 Å². The minimum atomic E-state index is -1.05. The van der Waals surface area contributed by atoms with Gasteiger partial charge in [-0.15, -0.1) is 5.10 Å². The van der Waals surface area contributed by atoms with E-state index in [2.05, 4.69) is 10.2 Å². The number of hydrogen-bond acceptors (Lipinski definition) is 4.